The van der Waals surface area contributed by atoms with Gasteiger partial charge in [0, 0.05) is 44.2 Å². The highest BCUT2D eigenvalue weighted by Gasteiger charge is 2.25. The van der Waals surface area contributed by atoms with Crippen LogP contribution in [0.3, 0.4) is 0 Å². The quantitative estimate of drug-likeness (QED) is 0.213. The molecule has 2 aromatic heterocycles. The number of likely N-dealkylation sites (tertiary alicyclic amines) is 1. The summed E-state index contributed by atoms with van der Waals surface area (Å²) in [6.45, 7) is 1.57. The molecule has 4 N–H and O–H groups in total. The molecule has 0 radical (unpaired) electrons. The van der Waals surface area contributed by atoms with Crippen molar-refractivity contribution in [3.05, 3.63) is 107 Å². The maximum Gasteiger partial charge on any atom is 0.268 e. The molecule has 0 aliphatic carbocycles. The monoisotopic (exact) mass is 624 g/mol. The number of hydrogen-bond donors (Lipinski definition) is 3. The first-order valence-electron chi connectivity index (χ1n) is 15.0. The second kappa shape index (κ2) is 12.7. The predicted molar refractivity (Wildman–Crippen MR) is 176 cm³/mol. The van der Waals surface area contributed by atoms with Gasteiger partial charge in [-0.2, -0.15) is 0 Å². The van der Waals surface area contributed by atoms with Crippen LogP contribution in [-0.2, 0) is 33.7 Å². The lowest BCUT2D eigenvalue weighted by molar-refractivity contribution is -0.133. The minimum absolute atomic E-state index is 0.0713. The van der Waals surface area contributed by atoms with E-state index in [0.29, 0.717) is 47.8 Å². The summed E-state index contributed by atoms with van der Waals surface area (Å²) in [7, 11) is -1.90. The Kier molecular flexibility index (Phi) is 8.55. The summed E-state index contributed by atoms with van der Waals surface area (Å²) in [5.74, 6) is -0.268. The second-order valence-electron chi connectivity index (χ2n) is 11.6. The number of piperidine rings is 1. The molecule has 1 fully saturated rings. The minimum atomic E-state index is -3.70. The van der Waals surface area contributed by atoms with Gasteiger partial charge in [-0.15, -0.1) is 0 Å². The van der Waals surface area contributed by atoms with Gasteiger partial charge in [-0.3, -0.25) is 14.3 Å². The second-order valence-corrected chi connectivity index (χ2v) is 13.3. The first-order valence-corrected chi connectivity index (χ1v) is 16.6. The molecule has 10 nitrogen and oxygen atoms in total. The zero-order valence-electron chi connectivity index (χ0n) is 25.1. The van der Waals surface area contributed by atoms with Crippen LogP contribution < -0.4 is 15.8 Å². The predicted octanol–water partition coefficient (Wildman–Crippen LogP) is 4.24. The summed E-state index contributed by atoms with van der Waals surface area (Å²) in [4.78, 5) is 32.4. The van der Waals surface area contributed by atoms with E-state index in [2.05, 4.69) is 10.0 Å². The lowest BCUT2D eigenvalue weighted by Crippen LogP contribution is -2.40. The van der Waals surface area contributed by atoms with Crippen molar-refractivity contribution in [3.63, 3.8) is 0 Å². The van der Waals surface area contributed by atoms with Gasteiger partial charge in [-0.05, 0) is 64.6 Å². The van der Waals surface area contributed by atoms with Crippen LogP contribution in [0.25, 0.3) is 21.8 Å². The molecule has 1 aliphatic rings. The molecule has 0 unspecified atom stereocenters. The number of hydrogen-bond acceptors (Lipinski definition) is 6. The van der Waals surface area contributed by atoms with Crippen molar-refractivity contribution in [3.8, 4) is 0 Å². The van der Waals surface area contributed by atoms with Crippen molar-refractivity contribution in [1.29, 1.82) is 0 Å². The van der Waals surface area contributed by atoms with Crippen LogP contribution in [0, 0.1) is 5.92 Å². The third-order valence-corrected chi connectivity index (χ3v) is 9.57. The topological polar surface area (TPSA) is 139 Å². The summed E-state index contributed by atoms with van der Waals surface area (Å²) in [5.41, 5.74) is 9.58. The van der Waals surface area contributed by atoms with Crippen molar-refractivity contribution in [1.82, 2.24) is 19.8 Å². The lowest BCUT2D eigenvalue weighted by Gasteiger charge is -2.28. The number of rotatable bonds is 10. The molecule has 1 atom stereocenters. The van der Waals surface area contributed by atoms with E-state index in [4.69, 9.17) is 10.7 Å². The molecule has 2 amide bonds. The van der Waals surface area contributed by atoms with Crippen LogP contribution in [0.5, 0.6) is 0 Å². The highest BCUT2D eigenvalue weighted by atomic mass is 32.2. The number of benzene rings is 3. The number of carbonyl (C=O) groups is 2. The smallest absolute Gasteiger partial charge is 0.268 e. The number of sulfonamides is 1. The van der Waals surface area contributed by atoms with Gasteiger partial charge in [-0.1, -0.05) is 54.6 Å². The molecule has 1 aliphatic heterocycles. The van der Waals surface area contributed by atoms with Crippen molar-refractivity contribution >= 4 is 49.3 Å². The van der Waals surface area contributed by atoms with Gasteiger partial charge < -0.3 is 20.5 Å². The minimum Gasteiger partial charge on any atom is -0.350 e. The van der Waals surface area contributed by atoms with Gasteiger partial charge in [0.25, 0.3) is 5.91 Å². The Labute approximate surface area is 262 Å². The van der Waals surface area contributed by atoms with E-state index in [1.807, 2.05) is 77.4 Å². The number of nitrogens with one attached hydrogen (secondary N) is 2. The number of anilines is 1. The molecule has 0 saturated carbocycles. The molecule has 6 rings (SSSR count). The number of nitrogens with two attached hydrogens (primary N) is 1. The summed E-state index contributed by atoms with van der Waals surface area (Å²) in [5, 5.41) is 5.62. The molecule has 3 heterocycles. The molecule has 232 valence electrons. The SMILES string of the molecule is CN1CC[C@H](CNC(=O)c2cc3ccc(CN)nc3n2Cc2cc(NS(=O)(=O)Cc3ccccc3)cc3ccccc23)CC1=O. The molecular weight excluding hydrogens is 588 g/mol. The maximum absolute atomic E-state index is 13.7. The Morgan fingerprint density at radius 2 is 1.78 bits per heavy atom. The highest BCUT2D eigenvalue weighted by molar-refractivity contribution is 7.91. The molecule has 11 heteroatoms. The van der Waals surface area contributed by atoms with Crippen molar-refractivity contribution in [2.45, 2.75) is 31.7 Å². The van der Waals surface area contributed by atoms with Crippen LogP contribution in [0.4, 0.5) is 5.69 Å². The van der Waals surface area contributed by atoms with Gasteiger partial charge >= 0.3 is 0 Å². The molecule has 1 saturated heterocycles. The molecule has 0 spiro atoms. The molecule has 3 aromatic carbocycles. The van der Waals surface area contributed by atoms with Crippen LogP contribution in [0.1, 0.15) is 40.2 Å². The molecule has 5 aromatic rings. The summed E-state index contributed by atoms with van der Waals surface area (Å²) in [6.07, 6.45) is 1.23. The highest BCUT2D eigenvalue weighted by Crippen LogP contribution is 2.29. The summed E-state index contributed by atoms with van der Waals surface area (Å²) >= 11 is 0. The van der Waals surface area contributed by atoms with Crippen molar-refractivity contribution < 1.29 is 18.0 Å². The Hall–Kier alpha value is -4.74. The number of carbonyl (C=O) groups excluding carboxylic acids is 2. The maximum atomic E-state index is 13.7. The fraction of sp³-hybridized carbons (Fsp3) is 0.265. The number of amides is 2. The Morgan fingerprint density at radius 1 is 1.00 bits per heavy atom. The average molecular weight is 625 g/mol. The van der Waals surface area contributed by atoms with Gasteiger partial charge in [0.05, 0.1) is 18.0 Å². The van der Waals surface area contributed by atoms with Crippen molar-refractivity contribution in [2.24, 2.45) is 11.7 Å². The van der Waals surface area contributed by atoms with E-state index in [-0.39, 0.29) is 36.6 Å². The Bertz CT molecular complexity index is 1990. The van der Waals surface area contributed by atoms with Crippen LogP contribution in [-0.4, -0.2) is 54.8 Å². The average Bonchev–Trinajstić information content (AvgIpc) is 3.38. The molecule has 45 heavy (non-hydrogen) atoms. The van der Waals surface area contributed by atoms with E-state index < -0.39 is 10.0 Å². The van der Waals surface area contributed by atoms with E-state index in [1.165, 1.54) is 0 Å². The van der Waals surface area contributed by atoms with E-state index in [1.54, 1.807) is 24.1 Å². The first-order chi connectivity index (χ1) is 21.7. The molecular formula is C34H36N6O4S. The van der Waals surface area contributed by atoms with Crippen LogP contribution >= 0.6 is 0 Å². The van der Waals surface area contributed by atoms with Crippen LogP contribution in [0.15, 0.2) is 84.9 Å². The van der Waals surface area contributed by atoms with Gasteiger partial charge in [0.1, 0.15) is 11.3 Å². The fourth-order valence-electron chi connectivity index (χ4n) is 5.90. The zero-order chi connectivity index (χ0) is 31.6. The van der Waals surface area contributed by atoms with Gasteiger partial charge in [0.2, 0.25) is 15.9 Å². The largest absolute Gasteiger partial charge is 0.350 e. The standard InChI is InChI=1S/C34H36N6O4S/c1-39-14-13-24(15-32(39)41)20-36-34(42)31-18-26-11-12-28(19-35)37-33(26)40(31)21-27-17-29(16-25-9-5-6-10-30(25)27)38-45(43,44)22-23-7-3-2-4-8-23/h2-12,16-18,24,38H,13-15,19-22,35H2,1H3,(H,36,42)/t24-/m0/s1. The van der Waals surface area contributed by atoms with Gasteiger partial charge in [0.15, 0.2) is 0 Å². The van der Waals surface area contributed by atoms with E-state index in [9.17, 15) is 18.0 Å². The number of aromatic nitrogens is 2. The van der Waals surface area contributed by atoms with Crippen molar-refractivity contribution in [2.75, 3.05) is 24.9 Å². The first kappa shape index (κ1) is 30.3. The molecule has 0 bridgehead atoms. The van der Waals surface area contributed by atoms with E-state index in [0.717, 1.165) is 28.1 Å². The zero-order valence-corrected chi connectivity index (χ0v) is 25.9. The van der Waals surface area contributed by atoms with Gasteiger partial charge in [-0.25, -0.2) is 13.4 Å². The Morgan fingerprint density at radius 3 is 2.56 bits per heavy atom. The fourth-order valence-corrected chi connectivity index (χ4v) is 7.08. The van der Waals surface area contributed by atoms with E-state index >= 15 is 0 Å². The lowest BCUT2D eigenvalue weighted by atomic mass is 9.96. The number of fused-ring (bicyclic) bond motifs is 2. The number of nitrogens with zero attached hydrogens (tertiary/aromatic N) is 3. The number of pyridine rings is 1. The normalized spacial score (nSPS) is 15.5. The summed E-state index contributed by atoms with van der Waals surface area (Å²) < 4.78 is 30.9. The summed E-state index contributed by atoms with van der Waals surface area (Å²) in [6, 6.07) is 26.0. The third kappa shape index (κ3) is 6.84. The van der Waals surface area contributed by atoms with Crippen LogP contribution in [0.2, 0.25) is 0 Å². The Balaban J connectivity index is 1.35. The third-order valence-electron chi connectivity index (χ3n) is 8.31.